The lowest BCUT2D eigenvalue weighted by Crippen LogP contribution is -2.39. The number of nitrogens with zero attached hydrogens (tertiary/aromatic N) is 2. The third-order valence-corrected chi connectivity index (χ3v) is 5.12. The lowest BCUT2D eigenvalue weighted by molar-refractivity contribution is -0.138. The summed E-state index contributed by atoms with van der Waals surface area (Å²) in [5, 5.41) is 12.5. The Bertz CT molecular complexity index is 656. The number of amides is 1. The topological polar surface area (TPSA) is 82.1 Å². The van der Waals surface area contributed by atoms with Gasteiger partial charge in [-0.3, -0.25) is 19.4 Å². The molecule has 1 heterocycles. The number of benzene rings is 1. The second-order valence-electron chi connectivity index (χ2n) is 6.90. The van der Waals surface area contributed by atoms with Crippen LogP contribution in [0.1, 0.15) is 24.8 Å². The van der Waals surface area contributed by atoms with Gasteiger partial charge in [0.15, 0.2) is 0 Å². The number of methoxy groups -OCH3 is 1. The molecule has 150 valence electrons. The van der Waals surface area contributed by atoms with Crippen LogP contribution in [0.5, 0.6) is 5.75 Å². The number of likely N-dealkylation sites (tertiary alicyclic amines) is 1. The molecule has 0 saturated carbocycles. The van der Waals surface area contributed by atoms with Gasteiger partial charge in [-0.1, -0.05) is 11.6 Å². The van der Waals surface area contributed by atoms with E-state index in [0.717, 1.165) is 37.9 Å². The second kappa shape index (κ2) is 10.5. The molecule has 0 aromatic heterocycles. The molecule has 1 saturated heterocycles. The maximum Gasteiger partial charge on any atom is 0.317 e. The van der Waals surface area contributed by atoms with E-state index in [1.54, 1.807) is 25.3 Å². The van der Waals surface area contributed by atoms with Crippen LogP contribution in [0.4, 0.5) is 0 Å². The van der Waals surface area contributed by atoms with Crippen molar-refractivity contribution in [2.45, 2.75) is 31.8 Å². The highest BCUT2D eigenvalue weighted by atomic mass is 35.5. The van der Waals surface area contributed by atoms with Crippen molar-refractivity contribution in [1.29, 1.82) is 0 Å². The number of carboxylic acid groups (broad SMARTS) is 1. The third-order valence-electron chi connectivity index (χ3n) is 4.88. The summed E-state index contributed by atoms with van der Waals surface area (Å²) < 4.78 is 5.29. The summed E-state index contributed by atoms with van der Waals surface area (Å²) in [6.45, 7) is 2.36. The van der Waals surface area contributed by atoms with Gasteiger partial charge in [-0.25, -0.2) is 0 Å². The van der Waals surface area contributed by atoms with Gasteiger partial charge in [0, 0.05) is 29.7 Å². The van der Waals surface area contributed by atoms with Crippen molar-refractivity contribution in [3.8, 4) is 5.75 Å². The summed E-state index contributed by atoms with van der Waals surface area (Å²) >= 11 is 6.02. The van der Waals surface area contributed by atoms with Crippen molar-refractivity contribution in [2.75, 3.05) is 40.3 Å². The molecule has 0 aliphatic carbocycles. The highest BCUT2D eigenvalue weighted by Crippen LogP contribution is 2.22. The number of carbonyl (C=O) groups is 2. The van der Waals surface area contributed by atoms with Crippen LogP contribution in [0.2, 0.25) is 5.02 Å². The van der Waals surface area contributed by atoms with Crippen molar-refractivity contribution < 1.29 is 19.4 Å². The van der Waals surface area contributed by atoms with Gasteiger partial charge >= 0.3 is 5.97 Å². The number of nitrogens with one attached hydrogen (secondary N) is 1. The normalized spacial score (nSPS) is 18.1. The molecule has 7 nitrogen and oxygen atoms in total. The van der Waals surface area contributed by atoms with E-state index in [4.69, 9.17) is 21.4 Å². The Labute approximate surface area is 165 Å². The van der Waals surface area contributed by atoms with Crippen LogP contribution >= 0.6 is 11.6 Å². The van der Waals surface area contributed by atoms with Gasteiger partial charge in [0.05, 0.1) is 20.2 Å². The van der Waals surface area contributed by atoms with Crippen molar-refractivity contribution >= 4 is 23.5 Å². The molecule has 0 spiro atoms. The van der Waals surface area contributed by atoms with Crippen LogP contribution in [-0.4, -0.2) is 73.2 Å². The summed E-state index contributed by atoms with van der Waals surface area (Å²) in [4.78, 5) is 27.2. The molecule has 8 heteroatoms. The first kappa shape index (κ1) is 21.5. The predicted octanol–water partition coefficient (Wildman–Crippen LogP) is 1.84. The van der Waals surface area contributed by atoms with Gasteiger partial charge in [0.2, 0.25) is 5.91 Å². The maximum absolute atomic E-state index is 12.3. The van der Waals surface area contributed by atoms with Crippen LogP contribution in [0.25, 0.3) is 0 Å². The first-order valence-electron chi connectivity index (χ1n) is 9.12. The van der Waals surface area contributed by atoms with Crippen LogP contribution in [0.3, 0.4) is 0 Å². The van der Waals surface area contributed by atoms with E-state index in [1.807, 2.05) is 11.9 Å². The minimum absolute atomic E-state index is 0.0469. The molecule has 0 radical (unpaired) electrons. The number of likely N-dealkylation sites (N-methyl/N-ethyl adjacent to an activating group) is 1. The van der Waals surface area contributed by atoms with Crippen molar-refractivity contribution in [1.82, 2.24) is 15.1 Å². The molecule has 1 aromatic carbocycles. The standard InChI is InChI=1S/C19H28ClN3O4/c1-22(13-19(25)26)16-4-3-8-23(9-7-16)12-18(24)21-11-14-10-15(20)5-6-17(14)27-2/h5-6,10,16H,3-4,7-9,11-13H2,1-2H3,(H,21,24)(H,25,26). The van der Waals surface area contributed by atoms with E-state index < -0.39 is 5.97 Å². The molecule has 2 rings (SSSR count). The number of aliphatic carboxylic acids is 1. The highest BCUT2D eigenvalue weighted by molar-refractivity contribution is 6.30. The Morgan fingerprint density at radius 3 is 2.85 bits per heavy atom. The molecule has 1 aromatic rings. The number of hydrogen-bond acceptors (Lipinski definition) is 5. The van der Waals surface area contributed by atoms with E-state index in [1.165, 1.54) is 0 Å². The molecule has 1 atom stereocenters. The van der Waals surface area contributed by atoms with Gasteiger partial charge in [-0.05, 0) is 51.1 Å². The first-order valence-corrected chi connectivity index (χ1v) is 9.50. The van der Waals surface area contributed by atoms with E-state index in [-0.39, 0.29) is 18.5 Å². The molecule has 1 aliphatic heterocycles. The van der Waals surface area contributed by atoms with Gasteiger partial charge in [0.1, 0.15) is 5.75 Å². The Kier molecular flexibility index (Phi) is 8.34. The van der Waals surface area contributed by atoms with Gasteiger partial charge in [-0.2, -0.15) is 0 Å². The van der Waals surface area contributed by atoms with E-state index in [9.17, 15) is 9.59 Å². The molecule has 1 amide bonds. The number of carbonyl (C=O) groups excluding carboxylic acids is 1. The van der Waals surface area contributed by atoms with Crippen molar-refractivity contribution in [3.05, 3.63) is 28.8 Å². The molecular weight excluding hydrogens is 370 g/mol. The fourth-order valence-electron chi connectivity index (χ4n) is 3.42. The quantitative estimate of drug-likeness (QED) is 0.696. The zero-order valence-corrected chi connectivity index (χ0v) is 16.7. The van der Waals surface area contributed by atoms with Gasteiger partial charge < -0.3 is 15.2 Å². The van der Waals surface area contributed by atoms with Crippen LogP contribution in [0.15, 0.2) is 18.2 Å². The van der Waals surface area contributed by atoms with E-state index >= 15 is 0 Å². The summed E-state index contributed by atoms with van der Waals surface area (Å²) in [5.74, 6) is -0.164. The molecule has 1 fully saturated rings. The Morgan fingerprint density at radius 1 is 1.37 bits per heavy atom. The zero-order valence-electron chi connectivity index (χ0n) is 15.9. The molecule has 0 bridgehead atoms. The fraction of sp³-hybridized carbons (Fsp3) is 0.579. The molecule has 1 unspecified atom stereocenters. The molecular formula is C19H28ClN3O4. The number of carboxylic acids is 1. The summed E-state index contributed by atoms with van der Waals surface area (Å²) in [6, 6.07) is 5.56. The van der Waals surface area contributed by atoms with Crippen LogP contribution in [-0.2, 0) is 16.1 Å². The average molecular weight is 398 g/mol. The number of halogens is 1. The Balaban J connectivity index is 1.81. The zero-order chi connectivity index (χ0) is 19.8. The van der Waals surface area contributed by atoms with Gasteiger partial charge in [-0.15, -0.1) is 0 Å². The molecule has 1 aliphatic rings. The maximum atomic E-state index is 12.3. The minimum atomic E-state index is -0.811. The average Bonchev–Trinajstić information content (AvgIpc) is 2.85. The molecule has 27 heavy (non-hydrogen) atoms. The number of ether oxygens (including phenoxy) is 1. The van der Waals surface area contributed by atoms with Crippen molar-refractivity contribution in [3.63, 3.8) is 0 Å². The minimum Gasteiger partial charge on any atom is -0.496 e. The smallest absolute Gasteiger partial charge is 0.317 e. The lowest BCUT2D eigenvalue weighted by Gasteiger charge is -2.25. The Hall–Kier alpha value is -1.83. The fourth-order valence-corrected chi connectivity index (χ4v) is 3.61. The largest absolute Gasteiger partial charge is 0.496 e. The van der Waals surface area contributed by atoms with E-state index in [0.29, 0.717) is 23.9 Å². The Morgan fingerprint density at radius 2 is 2.15 bits per heavy atom. The number of hydrogen-bond donors (Lipinski definition) is 2. The van der Waals surface area contributed by atoms with E-state index in [2.05, 4.69) is 10.2 Å². The second-order valence-corrected chi connectivity index (χ2v) is 7.34. The SMILES string of the molecule is COc1ccc(Cl)cc1CNC(=O)CN1CCCC(N(C)CC(=O)O)CC1. The summed E-state index contributed by atoms with van der Waals surface area (Å²) in [6.07, 6.45) is 2.75. The monoisotopic (exact) mass is 397 g/mol. The first-order chi connectivity index (χ1) is 12.9. The van der Waals surface area contributed by atoms with Crippen LogP contribution < -0.4 is 10.1 Å². The predicted molar refractivity (Wildman–Crippen MR) is 104 cm³/mol. The number of rotatable bonds is 8. The summed E-state index contributed by atoms with van der Waals surface area (Å²) in [5.41, 5.74) is 0.838. The third kappa shape index (κ3) is 7.01. The lowest BCUT2D eigenvalue weighted by atomic mass is 10.1. The summed E-state index contributed by atoms with van der Waals surface area (Å²) in [7, 11) is 3.43. The molecule has 2 N–H and O–H groups in total. The van der Waals surface area contributed by atoms with Gasteiger partial charge in [0.25, 0.3) is 0 Å². The van der Waals surface area contributed by atoms with Crippen LogP contribution in [0, 0.1) is 0 Å². The highest BCUT2D eigenvalue weighted by Gasteiger charge is 2.22. The van der Waals surface area contributed by atoms with Crippen molar-refractivity contribution in [2.24, 2.45) is 0 Å².